The van der Waals surface area contributed by atoms with Crippen LogP contribution in [0, 0.1) is 17.1 Å². The zero-order chi connectivity index (χ0) is 13.8. The number of nitriles is 1. The number of hydrogen-bond donors (Lipinski definition) is 1. The van der Waals surface area contributed by atoms with Crippen LogP contribution in [0.4, 0.5) is 10.1 Å². The second kappa shape index (κ2) is 5.53. The minimum absolute atomic E-state index is 0.0331. The van der Waals surface area contributed by atoms with Crippen LogP contribution in [0.15, 0.2) is 30.5 Å². The first-order valence-corrected chi connectivity index (χ1v) is 6.08. The number of benzene rings is 1. The molecule has 19 heavy (non-hydrogen) atoms. The van der Waals surface area contributed by atoms with Crippen LogP contribution in [0.2, 0.25) is 0 Å². The maximum absolute atomic E-state index is 13.4. The Labute approximate surface area is 111 Å². The molecule has 0 atom stereocenters. The van der Waals surface area contributed by atoms with Crippen molar-refractivity contribution < 1.29 is 4.39 Å². The molecule has 1 aromatic heterocycles. The Kier molecular flexibility index (Phi) is 3.81. The molecule has 0 radical (unpaired) electrons. The van der Waals surface area contributed by atoms with Crippen molar-refractivity contribution in [2.24, 2.45) is 0 Å². The first kappa shape index (κ1) is 13.1. The van der Waals surface area contributed by atoms with Gasteiger partial charge in [0.15, 0.2) is 0 Å². The zero-order valence-corrected chi connectivity index (χ0v) is 10.9. The number of hydrogen-bond acceptors (Lipinski definition) is 3. The molecule has 98 valence electrons. The summed E-state index contributed by atoms with van der Waals surface area (Å²) in [5.74, 6) is -0.514. The lowest BCUT2D eigenvalue weighted by atomic mass is 10.2. The standard InChI is InChI=1S/C14H15FN4/c1-10(2)19-7-6-11(18-19)9-17-14-5-3-4-13(15)12(14)8-16/h3-7,10,17H,9H2,1-2H3. The first-order chi connectivity index (χ1) is 9.11. The van der Waals surface area contributed by atoms with Crippen LogP contribution in [0.3, 0.4) is 0 Å². The van der Waals surface area contributed by atoms with Crippen molar-refractivity contribution in [3.05, 3.63) is 47.5 Å². The topological polar surface area (TPSA) is 53.6 Å². The molecule has 1 aromatic carbocycles. The second-order valence-corrected chi connectivity index (χ2v) is 4.51. The van der Waals surface area contributed by atoms with Crippen LogP contribution in [0.25, 0.3) is 0 Å². The lowest BCUT2D eigenvalue weighted by molar-refractivity contribution is 0.527. The summed E-state index contributed by atoms with van der Waals surface area (Å²) in [6.07, 6.45) is 1.90. The van der Waals surface area contributed by atoms with E-state index in [9.17, 15) is 4.39 Å². The number of halogens is 1. The van der Waals surface area contributed by atoms with Crippen molar-refractivity contribution in [1.29, 1.82) is 5.26 Å². The molecule has 0 aliphatic rings. The fourth-order valence-electron chi connectivity index (χ4n) is 1.73. The molecule has 0 unspecified atom stereocenters. The van der Waals surface area contributed by atoms with Gasteiger partial charge in [-0.3, -0.25) is 4.68 Å². The molecule has 0 saturated carbocycles. The molecule has 1 N–H and O–H groups in total. The molecule has 0 fully saturated rings. The van der Waals surface area contributed by atoms with Gasteiger partial charge in [-0.05, 0) is 32.0 Å². The summed E-state index contributed by atoms with van der Waals surface area (Å²) in [5.41, 5.74) is 1.37. The van der Waals surface area contributed by atoms with Gasteiger partial charge in [-0.15, -0.1) is 0 Å². The van der Waals surface area contributed by atoms with Gasteiger partial charge >= 0.3 is 0 Å². The lowest BCUT2D eigenvalue weighted by Crippen LogP contribution is -2.06. The Morgan fingerprint density at radius 3 is 2.84 bits per heavy atom. The molecular formula is C14H15FN4. The highest BCUT2D eigenvalue weighted by Crippen LogP contribution is 2.18. The SMILES string of the molecule is CC(C)n1ccc(CNc2cccc(F)c2C#N)n1. The highest BCUT2D eigenvalue weighted by Gasteiger charge is 2.08. The fourth-order valence-corrected chi connectivity index (χ4v) is 1.73. The van der Waals surface area contributed by atoms with E-state index in [1.54, 1.807) is 12.1 Å². The van der Waals surface area contributed by atoms with Crippen LogP contribution in [-0.4, -0.2) is 9.78 Å². The molecular weight excluding hydrogens is 243 g/mol. The maximum atomic E-state index is 13.4. The van der Waals surface area contributed by atoms with Gasteiger partial charge in [-0.25, -0.2) is 4.39 Å². The van der Waals surface area contributed by atoms with E-state index in [1.807, 2.05) is 36.9 Å². The molecule has 0 amide bonds. The predicted molar refractivity (Wildman–Crippen MR) is 71.1 cm³/mol. The second-order valence-electron chi connectivity index (χ2n) is 4.51. The summed E-state index contributed by atoms with van der Waals surface area (Å²) in [6.45, 7) is 4.55. The summed E-state index contributed by atoms with van der Waals surface area (Å²) in [6, 6.07) is 8.60. The number of aromatic nitrogens is 2. The normalized spacial score (nSPS) is 10.5. The highest BCUT2D eigenvalue weighted by atomic mass is 19.1. The third-order valence-electron chi connectivity index (χ3n) is 2.78. The molecule has 1 heterocycles. The molecule has 0 saturated heterocycles. The number of nitrogens with zero attached hydrogens (tertiary/aromatic N) is 3. The van der Waals surface area contributed by atoms with Gasteiger partial charge in [0.25, 0.3) is 0 Å². The Morgan fingerprint density at radius 2 is 2.21 bits per heavy atom. The fraction of sp³-hybridized carbons (Fsp3) is 0.286. The van der Waals surface area contributed by atoms with Crippen molar-refractivity contribution in [2.45, 2.75) is 26.4 Å². The van der Waals surface area contributed by atoms with Gasteiger partial charge in [-0.2, -0.15) is 10.4 Å². The summed E-state index contributed by atoms with van der Waals surface area (Å²) in [5, 5.41) is 16.3. The van der Waals surface area contributed by atoms with Gasteiger partial charge in [0, 0.05) is 12.2 Å². The lowest BCUT2D eigenvalue weighted by Gasteiger charge is -2.07. The van der Waals surface area contributed by atoms with Crippen molar-refractivity contribution in [1.82, 2.24) is 9.78 Å². The van der Waals surface area contributed by atoms with Crippen LogP contribution < -0.4 is 5.32 Å². The van der Waals surface area contributed by atoms with Crippen LogP contribution >= 0.6 is 0 Å². The average Bonchev–Trinajstić information content (AvgIpc) is 2.85. The smallest absolute Gasteiger partial charge is 0.143 e. The summed E-state index contributed by atoms with van der Waals surface area (Å²) in [7, 11) is 0. The van der Waals surface area contributed by atoms with E-state index in [4.69, 9.17) is 5.26 Å². The molecule has 4 nitrogen and oxygen atoms in total. The minimum atomic E-state index is -0.514. The molecule has 0 spiro atoms. The highest BCUT2D eigenvalue weighted by molar-refractivity contribution is 5.57. The minimum Gasteiger partial charge on any atom is -0.378 e. The quantitative estimate of drug-likeness (QED) is 0.916. The monoisotopic (exact) mass is 258 g/mol. The Hall–Kier alpha value is -2.35. The van der Waals surface area contributed by atoms with Crippen molar-refractivity contribution >= 4 is 5.69 Å². The molecule has 0 bridgehead atoms. The van der Waals surface area contributed by atoms with E-state index in [0.717, 1.165) is 5.69 Å². The van der Waals surface area contributed by atoms with Gasteiger partial charge in [-0.1, -0.05) is 6.07 Å². The molecule has 5 heteroatoms. The van der Waals surface area contributed by atoms with Crippen LogP contribution in [0.1, 0.15) is 31.1 Å². The number of anilines is 1. The maximum Gasteiger partial charge on any atom is 0.143 e. The van der Waals surface area contributed by atoms with E-state index in [1.165, 1.54) is 6.07 Å². The average molecular weight is 258 g/mol. The Balaban J connectivity index is 2.10. The van der Waals surface area contributed by atoms with Crippen molar-refractivity contribution in [3.63, 3.8) is 0 Å². The van der Waals surface area contributed by atoms with Gasteiger partial charge in [0.2, 0.25) is 0 Å². The number of rotatable bonds is 4. The third-order valence-corrected chi connectivity index (χ3v) is 2.78. The summed E-state index contributed by atoms with van der Waals surface area (Å²) in [4.78, 5) is 0. The Morgan fingerprint density at radius 1 is 1.42 bits per heavy atom. The van der Waals surface area contributed by atoms with Gasteiger partial charge < -0.3 is 5.32 Å². The molecule has 2 aromatic rings. The number of nitrogens with one attached hydrogen (secondary N) is 1. The van der Waals surface area contributed by atoms with Crippen molar-refractivity contribution in [2.75, 3.05) is 5.32 Å². The van der Waals surface area contributed by atoms with E-state index in [0.29, 0.717) is 18.3 Å². The van der Waals surface area contributed by atoms with E-state index in [-0.39, 0.29) is 5.56 Å². The van der Waals surface area contributed by atoms with E-state index in [2.05, 4.69) is 10.4 Å². The summed E-state index contributed by atoms with van der Waals surface area (Å²) >= 11 is 0. The molecule has 2 rings (SSSR count). The molecule has 0 aliphatic heterocycles. The first-order valence-electron chi connectivity index (χ1n) is 6.08. The Bertz CT molecular complexity index is 610. The van der Waals surface area contributed by atoms with Gasteiger partial charge in [0.05, 0.1) is 17.9 Å². The van der Waals surface area contributed by atoms with Crippen LogP contribution in [-0.2, 0) is 6.54 Å². The largest absolute Gasteiger partial charge is 0.378 e. The summed E-state index contributed by atoms with van der Waals surface area (Å²) < 4.78 is 15.3. The zero-order valence-electron chi connectivity index (χ0n) is 10.9. The third kappa shape index (κ3) is 2.91. The van der Waals surface area contributed by atoms with E-state index < -0.39 is 5.82 Å². The van der Waals surface area contributed by atoms with Crippen molar-refractivity contribution in [3.8, 4) is 6.07 Å². The predicted octanol–water partition coefficient (Wildman–Crippen LogP) is 3.09. The van der Waals surface area contributed by atoms with Gasteiger partial charge in [0.1, 0.15) is 17.4 Å². The van der Waals surface area contributed by atoms with E-state index >= 15 is 0 Å². The molecule has 0 aliphatic carbocycles. The van der Waals surface area contributed by atoms with Crippen LogP contribution in [0.5, 0.6) is 0 Å².